The molecule has 16 heavy (non-hydrogen) atoms. The van der Waals surface area contributed by atoms with Crippen LogP contribution < -0.4 is 0 Å². The molecule has 1 saturated heterocycles. The standard InChI is InChI=1S/C14H27NO/c1-13(2,3)9-8-12(16)14(4,5)15-10-6-7-11-15/h6-11H2,1-5H3. The van der Waals surface area contributed by atoms with Crippen LogP contribution in [0.3, 0.4) is 0 Å². The van der Waals surface area contributed by atoms with Crippen molar-refractivity contribution >= 4 is 5.78 Å². The first-order valence-electron chi connectivity index (χ1n) is 6.52. The number of carbonyl (C=O) groups is 1. The highest BCUT2D eigenvalue weighted by Gasteiger charge is 2.35. The molecule has 1 heterocycles. The molecular formula is C14H27NO. The van der Waals surface area contributed by atoms with Crippen LogP contribution in [0.2, 0.25) is 0 Å². The first-order chi connectivity index (χ1) is 7.23. The molecule has 0 aromatic rings. The summed E-state index contributed by atoms with van der Waals surface area (Å²) in [7, 11) is 0. The fourth-order valence-corrected chi connectivity index (χ4v) is 2.25. The molecule has 0 aromatic heterocycles. The molecule has 2 heteroatoms. The minimum Gasteiger partial charge on any atom is -0.298 e. The van der Waals surface area contributed by atoms with Crippen LogP contribution in [0.5, 0.6) is 0 Å². The number of nitrogens with zero attached hydrogens (tertiary/aromatic N) is 1. The van der Waals surface area contributed by atoms with Gasteiger partial charge in [0.1, 0.15) is 0 Å². The Labute approximate surface area is 100 Å². The second kappa shape index (κ2) is 4.87. The maximum absolute atomic E-state index is 12.3. The summed E-state index contributed by atoms with van der Waals surface area (Å²) >= 11 is 0. The first kappa shape index (κ1) is 13.7. The zero-order valence-corrected chi connectivity index (χ0v) is 11.6. The van der Waals surface area contributed by atoms with Crippen molar-refractivity contribution in [1.29, 1.82) is 0 Å². The SMILES string of the molecule is CC(C)(C)CCC(=O)C(C)(C)N1CCCC1. The first-order valence-corrected chi connectivity index (χ1v) is 6.52. The van der Waals surface area contributed by atoms with Crippen molar-refractivity contribution in [1.82, 2.24) is 4.90 Å². The van der Waals surface area contributed by atoms with Crippen molar-refractivity contribution < 1.29 is 4.79 Å². The molecule has 1 aliphatic heterocycles. The summed E-state index contributed by atoms with van der Waals surface area (Å²) in [5, 5.41) is 0. The molecule has 0 spiro atoms. The van der Waals surface area contributed by atoms with Crippen LogP contribution in [0.4, 0.5) is 0 Å². The monoisotopic (exact) mass is 225 g/mol. The molecule has 0 unspecified atom stereocenters. The molecule has 0 amide bonds. The molecule has 0 N–H and O–H groups in total. The van der Waals surface area contributed by atoms with Crippen molar-refractivity contribution in [3.63, 3.8) is 0 Å². The van der Waals surface area contributed by atoms with E-state index >= 15 is 0 Å². The molecule has 94 valence electrons. The lowest BCUT2D eigenvalue weighted by Gasteiger charge is -2.34. The Balaban J connectivity index is 2.51. The Morgan fingerprint density at radius 3 is 2.00 bits per heavy atom. The number of Topliss-reactive ketones (excluding diaryl/α,β-unsaturated/α-hetero) is 1. The fraction of sp³-hybridized carbons (Fsp3) is 0.929. The lowest BCUT2D eigenvalue weighted by Crippen LogP contribution is -2.48. The number of rotatable bonds is 4. The van der Waals surface area contributed by atoms with E-state index in [0.717, 1.165) is 19.5 Å². The van der Waals surface area contributed by atoms with E-state index in [-0.39, 0.29) is 11.0 Å². The van der Waals surface area contributed by atoms with Crippen LogP contribution in [0.25, 0.3) is 0 Å². The van der Waals surface area contributed by atoms with E-state index in [4.69, 9.17) is 0 Å². The Kier molecular flexibility index (Phi) is 4.17. The van der Waals surface area contributed by atoms with Gasteiger partial charge in [-0.25, -0.2) is 0 Å². The molecule has 1 fully saturated rings. The van der Waals surface area contributed by atoms with Gasteiger partial charge >= 0.3 is 0 Å². The van der Waals surface area contributed by atoms with Gasteiger partial charge in [-0.1, -0.05) is 20.8 Å². The van der Waals surface area contributed by atoms with Gasteiger partial charge in [0.25, 0.3) is 0 Å². The molecule has 1 rings (SSSR count). The normalized spacial score (nSPS) is 19.1. The highest BCUT2D eigenvalue weighted by Crippen LogP contribution is 2.27. The molecular weight excluding hydrogens is 198 g/mol. The highest BCUT2D eigenvalue weighted by molar-refractivity contribution is 5.87. The molecule has 0 aromatic carbocycles. The van der Waals surface area contributed by atoms with Crippen LogP contribution >= 0.6 is 0 Å². The minimum absolute atomic E-state index is 0.248. The number of carbonyl (C=O) groups excluding carboxylic acids is 1. The van der Waals surface area contributed by atoms with Gasteiger partial charge in [-0.05, 0) is 51.6 Å². The third-order valence-electron chi connectivity index (χ3n) is 3.68. The smallest absolute Gasteiger partial charge is 0.152 e. The van der Waals surface area contributed by atoms with Gasteiger partial charge < -0.3 is 0 Å². The van der Waals surface area contributed by atoms with Crippen LogP contribution in [-0.4, -0.2) is 29.3 Å². The summed E-state index contributed by atoms with van der Waals surface area (Å²) in [6, 6.07) is 0. The predicted molar refractivity (Wildman–Crippen MR) is 68.6 cm³/mol. The van der Waals surface area contributed by atoms with Crippen molar-refractivity contribution in [2.24, 2.45) is 5.41 Å². The van der Waals surface area contributed by atoms with Crippen molar-refractivity contribution in [2.45, 2.75) is 65.8 Å². The van der Waals surface area contributed by atoms with Gasteiger partial charge in [-0.3, -0.25) is 9.69 Å². The summed E-state index contributed by atoms with van der Waals surface area (Å²) in [5.41, 5.74) is 0.0124. The second-order valence-corrected chi connectivity index (χ2v) is 6.74. The zero-order valence-electron chi connectivity index (χ0n) is 11.6. The fourth-order valence-electron chi connectivity index (χ4n) is 2.25. The molecule has 2 nitrogen and oxygen atoms in total. The van der Waals surface area contributed by atoms with Crippen molar-refractivity contribution in [2.75, 3.05) is 13.1 Å². The molecule has 0 bridgehead atoms. The van der Waals surface area contributed by atoms with E-state index in [9.17, 15) is 4.79 Å². The number of likely N-dealkylation sites (tertiary alicyclic amines) is 1. The summed E-state index contributed by atoms with van der Waals surface area (Å²) in [5.74, 6) is 0.407. The predicted octanol–water partition coefficient (Wildman–Crippen LogP) is 3.26. The number of hydrogen-bond donors (Lipinski definition) is 0. The molecule has 0 atom stereocenters. The molecule has 0 radical (unpaired) electrons. The van der Waals surface area contributed by atoms with E-state index < -0.39 is 0 Å². The summed E-state index contributed by atoms with van der Waals surface area (Å²) < 4.78 is 0. The van der Waals surface area contributed by atoms with E-state index in [1.54, 1.807) is 0 Å². The highest BCUT2D eigenvalue weighted by atomic mass is 16.1. The van der Waals surface area contributed by atoms with Crippen LogP contribution in [-0.2, 0) is 4.79 Å². The van der Waals surface area contributed by atoms with Gasteiger partial charge in [0.05, 0.1) is 5.54 Å². The molecule has 1 aliphatic rings. The topological polar surface area (TPSA) is 20.3 Å². The quantitative estimate of drug-likeness (QED) is 0.732. The van der Waals surface area contributed by atoms with Crippen molar-refractivity contribution in [3.8, 4) is 0 Å². The number of ketones is 1. The molecule has 0 saturated carbocycles. The number of hydrogen-bond acceptors (Lipinski definition) is 2. The maximum Gasteiger partial charge on any atom is 0.152 e. The Morgan fingerprint density at radius 1 is 1.06 bits per heavy atom. The van der Waals surface area contributed by atoms with E-state index in [1.165, 1.54) is 12.8 Å². The molecule has 0 aliphatic carbocycles. The lowest BCUT2D eigenvalue weighted by molar-refractivity contribution is -0.129. The third kappa shape index (κ3) is 3.58. The lowest BCUT2D eigenvalue weighted by atomic mass is 9.85. The zero-order chi connectivity index (χ0) is 12.4. The van der Waals surface area contributed by atoms with Gasteiger partial charge in [0.2, 0.25) is 0 Å². The summed E-state index contributed by atoms with van der Waals surface area (Å²) in [6.07, 6.45) is 4.20. The van der Waals surface area contributed by atoms with E-state index in [2.05, 4.69) is 39.5 Å². The van der Waals surface area contributed by atoms with Gasteiger partial charge in [-0.15, -0.1) is 0 Å². The van der Waals surface area contributed by atoms with Gasteiger partial charge in [-0.2, -0.15) is 0 Å². The average Bonchev–Trinajstić information content (AvgIpc) is 2.65. The Morgan fingerprint density at radius 2 is 1.56 bits per heavy atom. The second-order valence-electron chi connectivity index (χ2n) is 6.74. The summed E-state index contributed by atoms with van der Waals surface area (Å²) in [6.45, 7) is 12.9. The Hall–Kier alpha value is -0.370. The van der Waals surface area contributed by atoms with Crippen LogP contribution in [0.1, 0.15) is 60.3 Å². The van der Waals surface area contributed by atoms with E-state index in [0.29, 0.717) is 12.2 Å². The van der Waals surface area contributed by atoms with Crippen molar-refractivity contribution in [3.05, 3.63) is 0 Å². The van der Waals surface area contributed by atoms with Gasteiger partial charge in [0, 0.05) is 6.42 Å². The Bertz CT molecular complexity index is 244. The maximum atomic E-state index is 12.3. The average molecular weight is 225 g/mol. The van der Waals surface area contributed by atoms with Gasteiger partial charge in [0.15, 0.2) is 5.78 Å². The summed E-state index contributed by atoms with van der Waals surface area (Å²) in [4.78, 5) is 14.6. The van der Waals surface area contributed by atoms with E-state index in [1.807, 2.05) is 0 Å². The minimum atomic E-state index is -0.248. The largest absolute Gasteiger partial charge is 0.298 e. The third-order valence-corrected chi connectivity index (χ3v) is 3.68. The van der Waals surface area contributed by atoms with Crippen LogP contribution in [0, 0.1) is 5.41 Å². The van der Waals surface area contributed by atoms with Crippen LogP contribution in [0.15, 0.2) is 0 Å².